The molecule has 4 rings (SSSR count). The summed E-state index contributed by atoms with van der Waals surface area (Å²) < 4.78 is 6.89. The summed E-state index contributed by atoms with van der Waals surface area (Å²) >= 11 is 0. The molecule has 3 aromatic rings. The highest BCUT2D eigenvalue weighted by Crippen LogP contribution is 2.31. The summed E-state index contributed by atoms with van der Waals surface area (Å²) in [4.78, 5) is 23.3. The SMILES string of the molecule is O=C(O)COCC1CCC(Cn2nc(C(c3ccccc3)c3ccccc3)ccc2=O)CC1. The van der Waals surface area contributed by atoms with Crippen LogP contribution in [0.3, 0.4) is 0 Å². The van der Waals surface area contributed by atoms with Gasteiger partial charge in [0.05, 0.1) is 18.2 Å². The summed E-state index contributed by atoms with van der Waals surface area (Å²) in [6.45, 7) is 0.851. The zero-order valence-electron chi connectivity index (χ0n) is 18.7. The Morgan fingerprint density at radius 3 is 2.06 bits per heavy atom. The van der Waals surface area contributed by atoms with Gasteiger partial charge < -0.3 is 9.84 Å². The molecule has 1 fully saturated rings. The lowest BCUT2D eigenvalue weighted by atomic mass is 9.82. The van der Waals surface area contributed by atoms with E-state index in [1.807, 2.05) is 42.5 Å². The summed E-state index contributed by atoms with van der Waals surface area (Å²) in [7, 11) is 0. The largest absolute Gasteiger partial charge is 0.480 e. The van der Waals surface area contributed by atoms with Gasteiger partial charge in [0.25, 0.3) is 5.56 Å². The Morgan fingerprint density at radius 2 is 1.48 bits per heavy atom. The number of carboxylic acid groups (broad SMARTS) is 1. The highest BCUT2D eigenvalue weighted by atomic mass is 16.5. The number of ether oxygens (including phenoxy) is 1. The highest BCUT2D eigenvalue weighted by molar-refractivity contribution is 5.67. The number of carbonyl (C=O) groups is 1. The Hall–Kier alpha value is -3.25. The van der Waals surface area contributed by atoms with E-state index >= 15 is 0 Å². The molecule has 0 amide bonds. The van der Waals surface area contributed by atoms with E-state index in [0.29, 0.717) is 25.0 Å². The Kier molecular flexibility index (Phi) is 7.68. The van der Waals surface area contributed by atoms with Gasteiger partial charge in [0.1, 0.15) is 6.61 Å². The molecule has 0 atom stereocenters. The van der Waals surface area contributed by atoms with Crippen LogP contribution in [0.1, 0.15) is 48.4 Å². The van der Waals surface area contributed by atoms with E-state index in [9.17, 15) is 9.59 Å². The first kappa shape index (κ1) is 22.9. The lowest BCUT2D eigenvalue weighted by Crippen LogP contribution is -2.30. The third-order valence-electron chi connectivity index (χ3n) is 6.43. The molecule has 6 nitrogen and oxygen atoms in total. The van der Waals surface area contributed by atoms with Crippen LogP contribution < -0.4 is 5.56 Å². The van der Waals surface area contributed by atoms with Crippen molar-refractivity contribution in [2.24, 2.45) is 11.8 Å². The number of aromatic nitrogens is 2. The number of carboxylic acids is 1. The second kappa shape index (κ2) is 11.1. The van der Waals surface area contributed by atoms with Gasteiger partial charge in [-0.1, -0.05) is 60.7 Å². The molecule has 1 aromatic heterocycles. The first-order valence-electron chi connectivity index (χ1n) is 11.6. The quantitative estimate of drug-likeness (QED) is 0.529. The number of rotatable bonds is 9. The first-order valence-corrected chi connectivity index (χ1v) is 11.6. The summed E-state index contributed by atoms with van der Waals surface area (Å²) in [5, 5.41) is 13.5. The third-order valence-corrected chi connectivity index (χ3v) is 6.43. The molecule has 0 radical (unpaired) electrons. The summed E-state index contributed by atoms with van der Waals surface area (Å²) in [6, 6.07) is 24.0. The topological polar surface area (TPSA) is 81.4 Å². The summed E-state index contributed by atoms with van der Waals surface area (Å²) in [5.41, 5.74) is 3.07. The maximum atomic E-state index is 12.6. The minimum Gasteiger partial charge on any atom is -0.480 e. The fraction of sp³-hybridized carbons (Fsp3) is 0.370. The van der Waals surface area contributed by atoms with Gasteiger partial charge in [-0.05, 0) is 54.7 Å². The van der Waals surface area contributed by atoms with Gasteiger partial charge in [0, 0.05) is 12.6 Å². The van der Waals surface area contributed by atoms with Crippen molar-refractivity contribution in [1.29, 1.82) is 0 Å². The van der Waals surface area contributed by atoms with E-state index in [-0.39, 0.29) is 18.1 Å². The molecule has 1 saturated carbocycles. The Balaban J connectivity index is 1.48. The molecule has 6 heteroatoms. The van der Waals surface area contributed by atoms with Gasteiger partial charge >= 0.3 is 5.97 Å². The molecular formula is C27H30N2O4. The van der Waals surface area contributed by atoms with Crippen LogP contribution in [0.5, 0.6) is 0 Å². The van der Waals surface area contributed by atoms with Crippen LogP contribution in [-0.2, 0) is 16.1 Å². The molecule has 172 valence electrons. The van der Waals surface area contributed by atoms with E-state index in [0.717, 1.165) is 42.5 Å². The van der Waals surface area contributed by atoms with Gasteiger partial charge in [-0.25, -0.2) is 9.48 Å². The van der Waals surface area contributed by atoms with Crippen molar-refractivity contribution in [1.82, 2.24) is 9.78 Å². The first-order chi connectivity index (χ1) is 16.1. The lowest BCUT2D eigenvalue weighted by molar-refractivity contribution is -0.142. The van der Waals surface area contributed by atoms with E-state index < -0.39 is 5.97 Å². The molecule has 2 aromatic carbocycles. The molecule has 0 unspecified atom stereocenters. The Labute approximate surface area is 193 Å². The molecule has 0 saturated heterocycles. The van der Waals surface area contributed by atoms with E-state index in [1.165, 1.54) is 0 Å². The molecule has 1 aliphatic rings. The van der Waals surface area contributed by atoms with E-state index in [4.69, 9.17) is 14.9 Å². The number of aliphatic carboxylic acids is 1. The van der Waals surface area contributed by atoms with E-state index in [2.05, 4.69) is 24.3 Å². The van der Waals surface area contributed by atoms with Crippen LogP contribution in [0.2, 0.25) is 0 Å². The van der Waals surface area contributed by atoms with Crippen molar-refractivity contribution < 1.29 is 14.6 Å². The van der Waals surface area contributed by atoms with Crippen molar-refractivity contribution >= 4 is 5.97 Å². The minimum absolute atomic E-state index is 0.0404. The maximum Gasteiger partial charge on any atom is 0.329 e. The van der Waals surface area contributed by atoms with Crippen molar-refractivity contribution in [3.05, 3.63) is 100.0 Å². The molecule has 1 heterocycles. The number of nitrogens with zero attached hydrogens (tertiary/aromatic N) is 2. The number of hydrogen-bond acceptors (Lipinski definition) is 4. The number of hydrogen-bond donors (Lipinski definition) is 1. The van der Waals surface area contributed by atoms with Crippen LogP contribution in [0.15, 0.2) is 77.6 Å². The van der Waals surface area contributed by atoms with Crippen molar-refractivity contribution in [3.63, 3.8) is 0 Å². The standard InChI is InChI=1S/C27H30N2O4/c30-25-16-15-24(27(22-7-3-1-4-8-22)23-9-5-2-6-10-23)28-29(25)17-20-11-13-21(14-12-20)18-33-19-26(31)32/h1-10,15-16,20-21,27H,11-14,17-19H2,(H,31,32). The van der Waals surface area contributed by atoms with Gasteiger partial charge in [0.15, 0.2) is 0 Å². The summed E-state index contributed by atoms with van der Waals surface area (Å²) in [6.07, 6.45) is 3.94. The smallest absolute Gasteiger partial charge is 0.329 e. The fourth-order valence-electron chi connectivity index (χ4n) is 4.71. The monoisotopic (exact) mass is 446 g/mol. The van der Waals surface area contributed by atoms with Crippen LogP contribution in [0.4, 0.5) is 0 Å². The van der Waals surface area contributed by atoms with Crippen molar-refractivity contribution in [2.45, 2.75) is 38.1 Å². The molecular weight excluding hydrogens is 416 g/mol. The molecule has 1 aliphatic carbocycles. The molecule has 0 spiro atoms. The highest BCUT2D eigenvalue weighted by Gasteiger charge is 2.24. The van der Waals surface area contributed by atoms with Crippen LogP contribution >= 0.6 is 0 Å². The predicted octanol–water partition coefficient (Wildman–Crippen LogP) is 4.33. The average molecular weight is 447 g/mol. The lowest BCUT2D eigenvalue weighted by Gasteiger charge is -2.28. The second-order valence-corrected chi connectivity index (χ2v) is 8.83. The molecule has 0 bridgehead atoms. The van der Waals surface area contributed by atoms with E-state index in [1.54, 1.807) is 10.7 Å². The normalized spacial score (nSPS) is 18.3. The summed E-state index contributed by atoms with van der Waals surface area (Å²) in [5.74, 6) is -0.204. The van der Waals surface area contributed by atoms with Crippen LogP contribution in [0.25, 0.3) is 0 Å². The van der Waals surface area contributed by atoms with Crippen molar-refractivity contribution in [2.75, 3.05) is 13.2 Å². The van der Waals surface area contributed by atoms with Crippen molar-refractivity contribution in [3.8, 4) is 0 Å². The molecule has 33 heavy (non-hydrogen) atoms. The predicted molar refractivity (Wildman–Crippen MR) is 126 cm³/mol. The van der Waals surface area contributed by atoms with Gasteiger partial charge in [-0.15, -0.1) is 0 Å². The zero-order valence-corrected chi connectivity index (χ0v) is 18.7. The average Bonchev–Trinajstić information content (AvgIpc) is 2.83. The van der Waals surface area contributed by atoms with Gasteiger partial charge in [0.2, 0.25) is 0 Å². The second-order valence-electron chi connectivity index (χ2n) is 8.83. The van der Waals surface area contributed by atoms with Gasteiger partial charge in [-0.3, -0.25) is 4.79 Å². The Morgan fingerprint density at radius 1 is 0.909 bits per heavy atom. The zero-order chi connectivity index (χ0) is 23.0. The number of benzene rings is 2. The Bertz CT molecular complexity index is 1050. The fourth-order valence-corrected chi connectivity index (χ4v) is 4.71. The maximum absolute atomic E-state index is 12.6. The third kappa shape index (κ3) is 6.17. The van der Waals surface area contributed by atoms with Crippen LogP contribution in [-0.4, -0.2) is 34.1 Å². The van der Waals surface area contributed by atoms with Gasteiger partial charge in [-0.2, -0.15) is 5.10 Å². The molecule has 1 N–H and O–H groups in total. The minimum atomic E-state index is -0.932. The molecule has 0 aliphatic heterocycles. The van der Waals surface area contributed by atoms with Crippen LogP contribution in [0, 0.1) is 11.8 Å².